The highest BCUT2D eigenvalue weighted by atomic mass is 35.5. The summed E-state index contributed by atoms with van der Waals surface area (Å²) in [5, 5.41) is 1.29. The van der Waals surface area contributed by atoms with Crippen LogP contribution in [0.5, 0.6) is 0 Å². The van der Waals surface area contributed by atoms with Gasteiger partial charge in [0.05, 0.1) is 15.1 Å². The first kappa shape index (κ1) is 14.5. The molecule has 0 bridgehead atoms. The van der Waals surface area contributed by atoms with Crippen molar-refractivity contribution in [1.29, 1.82) is 0 Å². The third-order valence-electron chi connectivity index (χ3n) is 2.58. The van der Waals surface area contributed by atoms with Gasteiger partial charge in [0.2, 0.25) is 5.91 Å². The Balaban J connectivity index is 2.68. The topological polar surface area (TPSA) is 43.1 Å². The third kappa shape index (κ3) is 2.82. The Morgan fingerprint density at radius 3 is 2.11 bits per heavy atom. The van der Waals surface area contributed by atoms with Gasteiger partial charge in [0.15, 0.2) is 0 Å². The summed E-state index contributed by atoms with van der Waals surface area (Å²) in [5.74, 6) is -0.547. The lowest BCUT2D eigenvalue weighted by atomic mass is 10.0. The van der Waals surface area contributed by atoms with Crippen LogP contribution in [0.1, 0.15) is 10.4 Å². The monoisotopic (exact) mass is 333 g/mol. The molecule has 6 heteroatoms. The molecule has 0 heterocycles. The summed E-state index contributed by atoms with van der Waals surface area (Å²) in [6.45, 7) is 0. The number of primary amides is 1. The maximum atomic E-state index is 11.2. The fraction of sp³-hybridized carbons (Fsp3) is 0. The number of amides is 1. The van der Waals surface area contributed by atoms with Crippen molar-refractivity contribution < 1.29 is 4.79 Å². The summed E-state index contributed by atoms with van der Waals surface area (Å²) >= 11 is 24.1. The Morgan fingerprint density at radius 1 is 0.842 bits per heavy atom. The van der Waals surface area contributed by atoms with Gasteiger partial charge in [-0.25, -0.2) is 0 Å². The maximum absolute atomic E-state index is 11.2. The fourth-order valence-electron chi connectivity index (χ4n) is 1.62. The average molecular weight is 335 g/mol. The van der Waals surface area contributed by atoms with E-state index in [9.17, 15) is 4.79 Å². The Morgan fingerprint density at radius 2 is 1.47 bits per heavy atom. The molecular weight excluding hydrogens is 328 g/mol. The van der Waals surface area contributed by atoms with Crippen LogP contribution in [0.25, 0.3) is 11.1 Å². The molecule has 98 valence electrons. The molecule has 2 aromatic rings. The third-order valence-corrected chi connectivity index (χ3v) is 4.20. The summed E-state index contributed by atoms with van der Waals surface area (Å²) in [6.07, 6.45) is 0. The molecule has 0 unspecified atom stereocenters. The van der Waals surface area contributed by atoms with Crippen LogP contribution in [-0.2, 0) is 0 Å². The van der Waals surface area contributed by atoms with Crippen molar-refractivity contribution in [1.82, 2.24) is 0 Å². The highest BCUT2D eigenvalue weighted by Crippen LogP contribution is 2.40. The highest BCUT2D eigenvalue weighted by Gasteiger charge is 2.14. The zero-order valence-corrected chi connectivity index (χ0v) is 12.4. The lowest BCUT2D eigenvalue weighted by molar-refractivity contribution is 0.100. The Bertz CT molecular complexity index is 670. The Kier molecular flexibility index (Phi) is 4.26. The van der Waals surface area contributed by atoms with Crippen LogP contribution in [0.3, 0.4) is 0 Å². The molecule has 19 heavy (non-hydrogen) atoms. The number of carbonyl (C=O) groups is 1. The van der Waals surface area contributed by atoms with E-state index in [1.807, 2.05) is 0 Å². The summed E-state index contributed by atoms with van der Waals surface area (Å²) < 4.78 is 0. The average Bonchev–Trinajstić information content (AvgIpc) is 2.37. The fourth-order valence-corrected chi connectivity index (χ4v) is 2.48. The van der Waals surface area contributed by atoms with Gasteiger partial charge in [0, 0.05) is 21.7 Å². The Hall–Kier alpha value is -0.930. The standard InChI is InChI=1S/C13H7Cl4NO/c14-9-3-1-6(13(18)19)5-8(9)7-2-4-10(15)12(17)11(7)16/h1-5H,(H2,18,19). The molecule has 2 aromatic carbocycles. The van der Waals surface area contributed by atoms with Gasteiger partial charge in [-0.15, -0.1) is 0 Å². The number of carbonyl (C=O) groups excluding carboxylic acids is 1. The normalized spacial score (nSPS) is 10.5. The minimum Gasteiger partial charge on any atom is -0.366 e. The van der Waals surface area contributed by atoms with Crippen molar-refractivity contribution >= 4 is 52.3 Å². The molecule has 0 radical (unpaired) electrons. The van der Waals surface area contributed by atoms with Gasteiger partial charge in [-0.1, -0.05) is 52.5 Å². The molecular formula is C13H7Cl4NO. The van der Waals surface area contributed by atoms with Crippen LogP contribution < -0.4 is 5.73 Å². The summed E-state index contributed by atoms with van der Waals surface area (Å²) in [4.78, 5) is 11.2. The predicted molar refractivity (Wildman–Crippen MR) is 80.4 cm³/mol. The maximum Gasteiger partial charge on any atom is 0.248 e. The van der Waals surface area contributed by atoms with E-state index in [1.54, 1.807) is 30.3 Å². The molecule has 1 amide bonds. The van der Waals surface area contributed by atoms with Gasteiger partial charge in [-0.05, 0) is 24.3 Å². The molecule has 0 saturated carbocycles. The first-order chi connectivity index (χ1) is 8.91. The van der Waals surface area contributed by atoms with Crippen LogP contribution in [0.15, 0.2) is 30.3 Å². The molecule has 0 saturated heterocycles. The minimum atomic E-state index is -0.547. The lowest BCUT2D eigenvalue weighted by Crippen LogP contribution is -2.10. The van der Waals surface area contributed by atoms with Gasteiger partial charge < -0.3 is 5.73 Å². The first-order valence-corrected chi connectivity index (χ1v) is 6.66. The van der Waals surface area contributed by atoms with E-state index < -0.39 is 5.91 Å². The number of hydrogen-bond acceptors (Lipinski definition) is 1. The van der Waals surface area contributed by atoms with E-state index in [0.717, 1.165) is 0 Å². The van der Waals surface area contributed by atoms with Gasteiger partial charge in [-0.2, -0.15) is 0 Å². The molecule has 2 N–H and O–H groups in total. The number of rotatable bonds is 2. The van der Waals surface area contributed by atoms with Crippen molar-refractivity contribution in [2.24, 2.45) is 5.73 Å². The van der Waals surface area contributed by atoms with Crippen molar-refractivity contribution in [3.05, 3.63) is 56.0 Å². The van der Waals surface area contributed by atoms with Gasteiger partial charge in [0.25, 0.3) is 0 Å². The van der Waals surface area contributed by atoms with Crippen LogP contribution in [0, 0.1) is 0 Å². The van der Waals surface area contributed by atoms with Crippen molar-refractivity contribution in [2.75, 3.05) is 0 Å². The van der Waals surface area contributed by atoms with E-state index in [0.29, 0.717) is 26.7 Å². The summed E-state index contributed by atoms with van der Waals surface area (Å²) in [5.41, 5.74) is 6.73. The summed E-state index contributed by atoms with van der Waals surface area (Å²) in [6, 6.07) is 7.98. The van der Waals surface area contributed by atoms with E-state index in [2.05, 4.69) is 0 Å². The van der Waals surface area contributed by atoms with E-state index in [1.165, 1.54) is 0 Å². The van der Waals surface area contributed by atoms with E-state index >= 15 is 0 Å². The number of nitrogens with two attached hydrogens (primary N) is 1. The van der Waals surface area contributed by atoms with Gasteiger partial charge in [0.1, 0.15) is 0 Å². The quantitative estimate of drug-likeness (QED) is 0.766. The number of halogens is 4. The second-order valence-electron chi connectivity index (χ2n) is 3.78. The smallest absolute Gasteiger partial charge is 0.248 e. The molecule has 2 rings (SSSR count). The molecule has 0 aliphatic carbocycles. The zero-order valence-electron chi connectivity index (χ0n) is 9.38. The lowest BCUT2D eigenvalue weighted by Gasteiger charge is -2.10. The molecule has 0 aliphatic rings. The molecule has 0 aromatic heterocycles. The van der Waals surface area contributed by atoms with Crippen molar-refractivity contribution in [2.45, 2.75) is 0 Å². The molecule has 0 spiro atoms. The molecule has 0 fully saturated rings. The second kappa shape index (κ2) is 5.59. The predicted octanol–water partition coefficient (Wildman–Crippen LogP) is 5.07. The number of benzene rings is 2. The molecule has 2 nitrogen and oxygen atoms in total. The number of hydrogen-bond donors (Lipinski definition) is 1. The summed E-state index contributed by atoms with van der Waals surface area (Å²) in [7, 11) is 0. The van der Waals surface area contributed by atoms with Crippen LogP contribution in [-0.4, -0.2) is 5.91 Å². The second-order valence-corrected chi connectivity index (χ2v) is 5.35. The molecule has 0 atom stereocenters. The van der Waals surface area contributed by atoms with Crippen molar-refractivity contribution in [3.8, 4) is 11.1 Å². The van der Waals surface area contributed by atoms with Crippen LogP contribution >= 0.6 is 46.4 Å². The van der Waals surface area contributed by atoms with Gasteiger partial charge >= 0.3 is 0 Å². The van der Waals surface area contributed by atoms with Crippen LogP contribution in [0.4, 0.5) is 0 Å². The van der Waals surface area contributed by atoms with Crippen LogP contribution in [0.2, 0.25) is 20.1 Å². The van der Waals surface area contributed by atoms with Gasteiger partial charge in [-0.3, -0.25) is 4.79 Å². The zero-order chi connectivity index (χ0) is 14.2. The largest absolute Gasteiger partial charge is 0.366 e. The molecule has 0 aliphatic heterocycles. The van der Waals surface area contributed by atoms with E-state index in [4.69, 9.17) is 52.1 Å². The first-order valence-electron chi connectivity index (χ1n) is 5.15. The highest BCUT2D eigenvalue weighted by molar-refractivity contribution is 6.49. The minimum absolute atomic E-state index is 0.237. The van der Waals surface area contributed by atoms with Crippen molar-refractivity contribution in [3.63, 3.8) is 0 Å². The van der Waals surface area contributed by atoms with E-state index in [-0.39, 0.29) is 10.0 Å². The SMILES string of the molecule is NC(=O)c1ccc(Cl)c(-c2ccc(Cl)c(Cl)c2Cl)c1. The Labute approximate surface area is 130 Å².